The molecule has 3 aliphatic heterocycles. The van der Waals surface area contributed by atoms with Crippen molar-refractivity contribution in [3.05, 3.63) is 71.4 Å². The van der Waals surface area contributed by atoms with Crippen LogP contribution in [0.1, 0.15) is 35.2 Å². The number of anilines is 2. The molecule has 4 heterocycles. The first-order valence-electron chi connectivity index (χ1n) is 15.0. The molecule has 0 aliphatic carbocycles. The van der Waals surface area contributed by atoms with Crippen LogP contribution in [0.2, 0.25) is 0 Å². The van der Waals surface area contributed by atoms with Crippen molar-refractivity contribution in [1.29, 1.82) is 10.5 Å². The molecule has 9 heteroatoms. The van der Waals surface area contributed by atoms with Crippen LogP contribution in [0.4, 0.5) is 11.4 Å². The lowest BCUT2D eigenvalue weighted by molar-refractivity contribution is -0.128. The summed E-state index contributed by atoms with van der Waals surface area (Å²) >= 11 is 0. The third kappa shape index (κ3) is 5.37. The number of aryl methyl sites for hydroxylation is 1. The van der Waals surface area contributed by atoms with Gasteiger partial charge in [-0.3, -0.25) is 4.79 Å². The number of hydrogen-bond acceptors (Lipinski definition) is 8. The number of benzene rings is 2. The molecule has 2 saturated heterocycles. The minimum Gasteiger partial charge on any atom is -0.472 e. The molecule has 1 amide bonds. The number of fused-ring (bicyclic) bond motifs is 2. The predicted octanol–water partition coefficient (Wildman–Crippen LogP) is 4.18. The second kappa shape index (κ2) is 11.9. The number of likely N-dealkylation sites (tertiary alicyclic amines) is 1. The summed E-state index contributed by atoms with van der Waals surface area (Å²) in [6.07, 6.45) is 3.07. The molecule has 2 aromatic carbocycles. The van der Waals surface area contributed by atoms with Crippen LogP contribution in [0.15, 0.2) is 49.1 Å². The average Bonchev–Trinajstić information content (AvgIpc) is 3.43. The fourth-order valence-corrected chi connectivity index (χ4v) is 6.94. The van der Waals surface area contributed by atoms with Crippen molar-refractivity contribution in [2.45, 2.75) is 44.9 Å². The number of carbonyl (C=O) groups excluding carboxylic acids is 1. The number of nitriles is 2. The molecule has 2 fully saturated rings. The number of ether oxygens (including phenoxy) is 1. The van der Waals surface area contributed by atoms with Crippen molar-refractivity contribution >= 4 is 28.1 Å². The molecule has 0 radical (unpaired) electrons. The number of hydrogen-bond donors (Lipinski definition) is 0. The molecule has 1 unspecified atom stereocenters. The Hall–Kier alpha value is -4.60. The van der Waals surface area contributed by atoms with Crippen molar-refractivity contribution in [3.8, 4) is 18.0 Å². The molecule has 0 N–H and O–H groups in total. The molecule has 9 nitrogen and oxygen atoms in total. The van der Waals surface area contributed by atoms with Crippen LogP contribution in [-0.4, -0.2) is 79.2 Å². The molecule has 3 aromatic rings. The topological polar surface area (TPSA) is 99.7 Å². The van der Waals surface area contributed by atoms with E-state index in [0.29, 0.717) is 37.6 Å². The Balaban J connectivity index is 1.42. The Morgan fingerprint density at radius 3 is 2.65 bits per heavy atom. The Morgan fingerprint density at radius 2 is 1.93 bits per heavy atom. The van der Waals surface area contributed by atoms with Crippen molar-refractivity contribution in [3.63, 3.8) is 0 Å². The molecule has 3 aliphatic rings. The van der Waals surface area contributed by atoms with E-state index >= 15 is 0 Å². The van der Waals surface area contributed by atoms with Crippen molar-refractivity contribution in [2.24, 2.45) is 0 Å². The summed E-state index contributed by atoms with van der Waals surface area (Å²) in [5.74, 6) is 0.210. The van der Waals surface area contributed by atoms with Crippen LogP contribution in [0.5, 0.6) is 5.88 Å². The Labute approximate surface area is 253 Å². The van der Waals surface area contributed by atoms with Gasteiger partial charge >= 0.3 is 0 Å². The summed E-state index contributed by atoms with van der Waals surface area (Å²) in [6, 6.07) is 17.2. The van der Waals surface area contributed by atoms with Crippen LogP contribution >= 0.6 is 0 Å². The Kier molecular flexibility index (Phi) is 7.92. The van der Waals surface area contributed by atoms with Gasteiger partial charge in [-0.15, -0.1) is 0 Å². The van der Waals surface area contributed by atoms with Crippen molar-refractivity contribution in [1.82, 2.24) is 14.8 Å². The average molecular weight is 576 g/mol. The number of rotatable bonds is 6. The first-order chi connectivity index (χ1) is 20.9. The third-order valence-corrected chi connectivity index (χ3v) is 9.05. The Morgan fingerprint density at radius 1 is 1.12 bits per heavy atom. The summed E-state index contributed by atoms with van der Waals surface area (Å²) in [6.45, 7) is 10.4. The molecular weight excluding hydrogens is 538 g/mol. The van der Waals surface area contributed by atoms with Crippen LogP contribution in [0.3, 0.4) is 0 Å². The minimum atomic E-state index is -0.300. The number of pyridine rings is 1. The van der Waals surface area contributed by atoms with E-state index in [1.165, 1.54) is 28.1 Å². The van der Waals surface area contributed by atoms with Gasteiger partial charge in [0.15, 0.2) is 0 Å². The van der Waals surface area contributed by atoms with Crippen LogP contribution in [0.25, 0.3) is 10.8 Å². The second-order valence-corrected chi connectivity index (χ2v) is 11.8. The number of amides is 1. The lowest BCUT2D eigenvalue weighted by atomic mass is 9.95. The van der Waals surface area contributed by atoms with E-state index in [1.807, 2.05) is 0 Å². The highest BCUT2D eigenvalue weighted by Gasteiger charge is 2.35. The normalized spacial score (nSPS) is 20.4. The lowest BCUT2D eigenvalue weighted by Crippen LogP contribution is -2.55. The first-order valence-corrected chi connectivity index (χ1v) is 15.0. The largest absolute Gasteiger partial charge is 0.472 e. The van der Waals surface area contributed by atoms with Gasteiger partial charge in [-0.1, -0.05) is 36.9 Å². The third-order valence-electron chi connectivity index (χ3n) is 9.05. The highest BCUT2D eigenvalue weighted by atomic mass is 16.5. The molecular formula is C34H37N7O2. The van der Waals surface area contributed by atoms with Gasteiger partial charge in [0.05, 0.1) is 36.5 Å². The maximum atomic E-state index is 12.6. The monoisotopic (exact) mass is 575 g/mol. The predicted molar refractivity (Wildman–Crippen MR) is 167 cm³/mol. The lowest BCUT2D eigenvalue weighted by Gasteiger charge is -2.43. The molecule has 43 heavy (non-hydrogen) atoms. The number of nitrogens with zero attached hydrogens (tertiary/aromatic N) is 7. The van der Waals surface area contributed by atoms with Crippen LogP contribution < -0.4 is 14.5 Å². The molecule has 2 atom stereocenters. The molecule has 0 saturated carbocycles. The van der Waals surface area contributed by atoms with Crippen molar-refractivity contribution in [2.75, 3.05) is 56.1 Å². The van der Waals surface area contributed by atoms with Gasteiger partial charge in [-0.25, -0.2) is 4.98 Å². The zero-order valence-corrected chi connectivity index (χ0v) is 24.9. The summed E-state index contributed by atoms with van der Waals surface area (Å²) in [7, 11) is 2.07. The van der Waals surface area contributed by atoms with Gasteiger partial charge < -0.3 is 24.3 Å². The first kappa shape index (κ1) is 28.5. The quantitative estimate of drug-likeness (QED) is 0.404. The minimum absolute atomic E-state index is 0.0377. The van der Waals surface area contributed by atoms with E-state index in [0.717, 1.165) is 49.4 Å². The molecule has 0 bridgehead atoms. The maximum Gasteiger partial charge on any atom is 0.246 e. The van der Waals surface area contributed by atoms with E-state index in [1.54, 1.807) is 4.90 Å². The Bertz CT molecular complexity index is 1650. The number of likely N-dealkylation sites (N-methyl/N-ethyl adjacent to an activating group) is 1. The number of piperazine rings is 1. The molecule has 220 valence electrons. The summed E-state index contributed by atoms with van der Waals surface area (Å²) in [5.41, 5.74) is 5.67. The van der Waals surface area contributed by atoms with Gasteiger partial charge in [0, 0.05) is 55.9 Å². The van der Waals surface area contributed by atoms with Gasteiger partial charge in [0.2, 0.25) is 11.8 Å². The summed E-state index contributed by atoms with van der Waals surface area (Å²) < 4.78 is 6.50. The highest BCUT2D eigenvalue weighted by molar-refractivity contribution is 5.97. The highest BCUT2D eigenvalue weighted by Crippen LogP contribution is 2.40. The molecule has 6 rings (SSSR count). The van der Waals surface area contributed by atoms with E-state index in [9.17, 15) is 15.3 Å². The zero-order valence-electron chi connectivity index (χ0n) is 24.9. The van der Waals surface area contributed by atoms with Gasteiger partial charge in [0.1, 0.15) is 17.7 Å². The fourth-order valence-electron chi connectivity index (χ4n) is 6.94. The van der Waals surface area contributed by atoms with Gasteiger partial charge in [-0.05, 0) is 49.9 Å². The van der Waals surface area contributed by atoms with Gasteiger partial charge in [0.25, 0.3) is 0 Å². The van der Waals surface area contributed by atoms with E-state index in [4.69, 9.17) is 9.72 Å². The van der Waals surface area contributed by atoms with E-state index in [-0.39, 0.29) is 24.5 Å². The smallest absolute Gasteiger partial charge is 0.246 e. The zero-order chi connectivity index (χ0) is 30.1. The van der Waals surface area contributed by atoms with Crippen molar-refractivity contribution < 1.29 is 9.53 Å². The summed E-state index contributed by atoms with van der Waals surface area (Å²) in [4.78, 5) is 26.2. The molecule has 0 spiro atoms. The summed E-state index contributed by atoms with van der Waals surface area (Å²) in [5, 5.41) is 22.6. The standard InChI is InChI=1S/C34H37N7O2/c1-4-31(42)41-18-17-40(20-25(41)11-14-35)33-27-13-16-39(30-10-6-9-24-8-5-7-23(2)32(24)30)22-29(27)37-34(28(33)19-36)43-26-12-15-38(3)21-26/h4-10,25-26H,1,11-13,15-18,20-22H2,2-3H3/t25-,26?/m0/s1. The second-order valence-electron chi connectivity index (χ2n) is 11.8. The fraction of sp³-hybridized carbons (Fsp3) is 0.412. The van der Waals surface area contributed by atoms with Gasteiger partial charge in [-0.2, -0.15) is 10.5 Å². The SMILES string of the molecule is C=CC(=O)N1CCN(c2c(C#N)c(OC3CCN(C)C3)nc3c2CCN(c2cccc4cccc(C)c24)C3)C[C@@H]1CC#N. The maximum absolute atomic E-state index is 12.6. The van der Waals surface area contributed by atoms with Crippen LogP contribution in [0, 0.1) is 29.6 Å². The van der Waals surface area contributed by atoms with E-state index < -0.39 is 0 Å². The molecule has 1 aromatic heterocycles. The van der Waals surface area contributed by atoms with Crippen LogP contribution in [-0.2, 0) is 17.8 Å². The van der Waals surface area contributed by atoms with E-state index in [2.05, 4.69) is 83.8 Å². The number of aromatic nitrogens is 1. The number of carbonyl (C=O) groups is 1.